The molecule has 2 aliphatic rings. The van der Waals surface area contributed by atoms with Gasteiger partial charge >= 0.3 is 12.1 Å². The molecule has 0 saturated heterocycles. The van der Waals surface area contributed by atoms with Crippen LogP contribution in [0.25, 0.3) is 0 Å². The number of Topliss-reactive ketones (excluding diaryl/α,β-unsaturated/α-hetero) is 1. The Morgan fingerprint density at radius 1 is 0.897 bits per heavy atom. The van der Waals surface area contributed by atoms with E-state index in [-0.39, 0.29) is 29.4 Å². The maximum Gasteiger partial charge on any atom is 0.471 e. The molecular formula is C31H30F3N3O2. The molecule has 1 N–H and O–H groups in total. The highest BCUT2D eigenvalue weighted by Gasteiger charge is 2.50. The number of ketones is 1. The molecule has 3 aromatic rings. The Hall–Kier alpha value is -4.07. The van der Waals surface area contributed by atoms with E-state index in [2.05, 4.69) is 10.2 Å². The molecule has 1 amide bonds. The Bertz CT molecular complexity index is 1400. The number of carbonyl (C=O) groups excluding carboxylic acids is 2. The zero-order valence-corrected chi connectivity index (χ0v) is 21.8. The first-order chi connectivity index (χ1) is 18.7. The number of fused-ring (bicyclic) bond motifs is 1. The number of alkyl halides is 3. The predicted octanol–water partition coefficient (Wildman–Crippen LogP) is 7.00. The van der Waals surface area contributed by atoms with E-state index in [0.29, 0.717) is 23.4 Å². The smallest absolute Gasteiger partial charge is 0.372 e. The van der Waals surface area contributed by atoms with Gasteiger partial charge in [-0.2, -0.15) is 13.2 Å². The van der Waals surface area contributed by atoms with Crippen LogP contribution in [0.5, 0.6) is 0 Å². The summed E-state index contributed by atoms with van der Waals surface area (Å²) in [6.07, 6.45) is -4.56. The van der Waals surface area contributed by atoms with E-state index in [9.17, 15) is 22.8 Å². The molecule has 2 atom stereocenters. The molecule has 0 bridgehead atoms. The highest BCUT2D eigenvalue weighted by Crippen LogP contribution is 2.48. The Balaban J connectivity index is 1.71. The van der Waals surface area contributed by atoms with Crippen LogP contribution in [0.3, 0.4) is 0 Å². The molecule has 202 valence electrons. The zero-order chi connectivity index (χ0) is 27.7. The van der Waals surface area contributed by atoms with Crippen molar-refractivity contribution in [1.29, 1.82) is 0 Å². The molecule has 3 aromatic carbocycles. The van der Waals surface area contributed by atoms with Crippen molar-refractivity contribution < 1.29 is 22.8 Å². The number of anilines is 3. The first-order valence-corrected chi connectivity index (χ1v) is 13.1. The largest absolute Gasteiger partial charge is 0.471 e. The number of halogens is 3. The van der Waals surface area contributed by atoms with Gasteiger partial charge in [-0.1, -0.05) is 54.6 Å². The quantitative estimate of drug-likeness (QED) is 0.384. The lowest BCUT2D eigenvalue weighted by Gasteiger charge is -2.35. The van der Waals surface area contributed by atoms with Gasteiger partial charge in [0.25, 0.3) is 0 Å². The average Bonchev–Trinajstić information content (AvgIpc) is 3.08. The Labute approximate surface area is 225 Å². The van der Waals surface area contributed by atoms with Gasteiger partial charge in [-0.25, -0.2) is 0 Å². The van der Waals surface area contributed by atoms with E-state index in [4.69, 9.17) is 0 Å². The third kappa shape index (κ3) is 5.03. The summed E-state index contributed by atoms with van der Waals surface area (Å²) in [5, 5.41) is 3.26. The number of hydrogen-bond acceptors (Lipinski definition) is 4. The fourth-order valence-corrected chi connectivity index (χ4v) is 5.68. The van der Waals surface area contributed by atoms with Crippen LogP contribution in [0.2, 0.25) is 0 Å². The molecule has 0 fully saturated rings. The fraction of sp³-hybridized carbons (Fsp3) is 0.290. The van der Waals surface area contributed by atoms with E-state index in [1.165, 1.54) is 6.07 Å². The molecule has 5 nitrogen and oxygen atoms in total. The van der Waals surface area contributed by atoms with Crippen LogP contribution in [-0.4, -0.2) is 31.0 Å². The lowest BCUT2D eigenvalue weighted by atomic mass is 9.78. The first kappa shape index (κ1) is 26.5. The monoisotopic (exact) mass is 533 g/mol. The van der Waals surface area contributed by atoms with Crippen LogP contribution in [0.15, 0.2) is 90.1 Å². The van der Waals surface area contributed by atoms with Crippen molar-refractivity contribution in [2.24, 2.45) is 0 Å². The van der Waals surface area contributed by atoms with E-state index < -0.39 is 18.1 Å². The van der Waals surface area contributed by atoms with Gasteiger partial charge in [-0.05, 0) is 61.6 Å². The van der Waals surface area contributed by atoms with Crippen molar-refractivity contribution >= 4 is 28.8 Å². The minimum atomic E-state index is -5.14. The normalized spacial score (nSPS) is 19.1. The number of amides is 1. The highest BCUT2D eigenvalue weighted by atomic mass is 19.4. The second-order valence-corrected chi connectivity index (χ2v) is 9.81. The van der Waals surface area contributed by atoms with Crippen LogP contribution >= 0.6 is 0 Å². The van der Waals surface area contributed by atoms with Gasteiger partial charge in [0.1, 0.15) is 0 Å². The molecule has 0 unspecified atom stereocenters. The van der Waals surface area contributed by atoms with Gasteiger partial charge in [0.15, 0.2) is 5.78 Å². The number of rotatable bonds is 5. The van der Waals surface area contributed by atoms with E-state index in [0.717, 1.165) is 29.2 Å². The van der Waals surface area contributed by atoms with Crippen molar-refractivity contribution in [3.8, 4) is 0 Å². The second-order valence-electron chi connectivity index (χ2n) is 9.81. The number of nitrogens with zero attached hydrogens (tertiary/aromatic N) is 2. The van der Waals surface area contributed by atoms with Crippen LogP contribution < -0.4 is 15.1 Å². The second kappa shape index (κ2) is 10.6. The van der Waals surface area contributed by atoms with Crippen molar-refractivity contribution in [2.75, 3.05) is 28.2 Å². The number of para-hydroxylation sites is 2. The number of benzene rings is 3. The number of carbonyl (C=O) groups is 2. The Morgan fingerprint density at radius 3 is 2.18 bits per heavy atom. The lowest BCUT2D eigenvalue weighted by molar-refractivity contribution is -0.170. The van der Waals surface area contributed by atoms with Gasteiger partial charge in [0, 0.05) is 36.5 Å². The summed E-state index contributed by atoms with van der Waals surface area (Å²) in [4.78, 5) is 29.8. The molecular weight excluding hydrogens is 503 g/mol. The summed E-state index contributed by atoms with van der Waals surface area (Å²) in [6, 6.07) is 21.9. The summed E-state index contributed by atoms with van der Waals surface area (Å²) in [6.45, 7) is 5.58. The maximum atomic E-state index is 14.1. The van der Waals surface area contributed by atoms with Crippen LogP contribution in [0.4, 0.5) is 30.2 Å². The first-order valence-electron chi connectivity index (χ1n) is 13.1. The van der Waals surface area contributed by atoms with Crippen LogP contribution in [-0.2, 0) is 9.59 Å². The third-order valence-corrected chi connectivity index (χ3v) is 7.56. The van der Waals surface area contributed by atoms with Gasteiger partial charge in [-0.3, -0.25) is 14.5 Å². The van der Waals surface area contributed by atoms with Crippen molar-refractivity contribution in [2.45, 2.75) is 44.8 Å². The van der Waals surface area contributed by atoms with E-state index in [1.54, 1.807) is 30.3 Å². The molecule has 1 heterocycles. The van der Waals surface area contributed by atoms with Crippen molar-refractivity contribution in [3.63, 3.8) is 0 Å². The lowest BCUT2D eigenvalue weighted by Crippen LogP contribution is -2.45. The minimum Gasteiger partial charge on any atom is -0.372 e. The summed E-state index contributed by atoms with van der Waals surface area (Å²) >= 11 is 0. The molecule has 0 radical (unpaired) electrons. The third-order valence-electron chi connectivity index (χ3n) is 7.56. The van der Waals surface area contributed by atoms with Crippen molar-refractivity contribution in [3.05, 3.63) is 101 Å². The number of hydrogen-bond donors (Lipinski definition) is 1. The summed E-state index contributed by atoms with van der Waals surface area (Å²) in [7, 11) is 0. The standard InChI is InChI=1S/C31H30F3N3O2/c1-3-36(4-2)23-16-14-21(15-17-23)29-28-25(18-22(19-27(28)38)20-10-6-5-7-11-20)35-24-12-8-9-13-26(24)37(29)30(39)31(32,33)34/h5-17,22,29,35H,3-4,18-19H2,1-2H3/t22-,29+/m0/s1. The van der Waals surface area contributed by atoms with Crippen LogP contribution in [0, 0.1) is 0 Å². The molecule has 5 rings (SSSR count). The molecule has 1 aliphatic carbocycles. The topological polar surface area (TPSA) is 52.7 Å². The summed E-state index contributed by atoms with van der Waals surface area (Å²) in [5.74, 6) is -2.42. The molecule has 0 aromatic heterocycles. The Kier molecular flexibility index (Phi) is 7.21. The average molecular weight is 534 g/mol. The molecule has 1 aliphatic heterocycles. The zero-order valence-electron chi connectivity index (χ0n) is 21.8. The molecule has 0 spiro atoms. The SMILES string of the molecule is CCN(CC)c1ccc([C@@H]2C3=C(C[C@H](c4ccccc4)CC3=O)Nc3ccccc3N2C(=O)C(F)(F)F)cc1. The van der Waals surface area contributed by atoms with Gasteiger partial charge < -0.3 is 10.2 Å². The minimum absolute atomic E-state index is 0.0797. The maximum absolute atomic E-state index is 14.1. The number of nitrogens with one attached hydrogen (secondary N) is 1. The van der Waals surface area contributed by atoms with E-state index in [1.807, 2.05) is 56.3 Å². The van der Waals surface area contributed by atoms with Gasteiger partial charge in [-0.15, -0.1) is 0 Å². The predicted molar refractivity (Wildman–Crippen MR) is 147 cm³/mol. The molecule has 39 heavy (non-hydrogen) atoms. The summed E-state index contributed by atoms with van der Waals surface area (Å²) < 4.78 is 42.3. The van der Waals surface area contributed by atoms with Gasteiger partial charge in [0.2, 0.25) is 0 Å². The molecule has 8 heteroatoms. The summed E-state index contributed by atoms with van der Waals surface area (Å²) in [5.41, 5.74) is 3.52. The Morgan fingerprint density at radius 2 is 1.54 bits per heavy atom. The molecule has 0 saturated carbocycles. The van der Waals surface area contributed by atoms with E-state index >= 15 is 0 Å². The van der Waals surface area contributed by atoms with Gasteiger partial charge in [0.05, 0.1) is 17.4 Å². The van der Waals surface area contributed by atoms with Crippen molar-refractivity contribution in [1.82, 2.24) is 0 Å². The fourth-order valence-electron chi connectivity index (χ4n) is 5.68. The van der Waals surface area contributed by atoms with Crippen LogP contribution in [0.1, 0.15) is 49.8 Å². The number of allylic oxidation sites excluding steroid dienone is 1. The highest BCUT2D eigenvalue weighted by molar-refractivity contribution is 6.07.